The average Bonchev–Trinajstić information content (AvgIpc) is 2.97. The molecule has 0 amide bonds. The molecule has 0 spiro atoms. The van der Waals surface area contributed by atoms with Gasteiger partial charge in [0.15, 0.2) is 0 Å². The van der Waals surface area contributed by atoms with Crippen molar-refractivity contribution >= 4 is 5.97 Å². The van der Waals surface area contributed by atoms with Gasteiger partial charge in [-0.25, -0.2) is 13.9 Å². The van der Waals surface area contributed by atoms with Gasteiger partial charge in [0.2, 0.25) is 0 Å². The first kappa shape index (κ1) is 16.0. The molecule has 0 aliphatic rings. The van der Waals surface area contributed by atoms with Crippen LogP contribution in [0.15, 0.2) is 67.0 Å². The number of benzene rings is 2. The average molecular weight is 321 g/mol. The Kier molecular flexibility index (Phi) is 4.75. The van der Waals surface area contributed by atoms with Gasteiger partial charge in [-0.15, -0.1) is 0 Å². The molecule has 4 nitrogen and oxygen atoms in total. The molecule has 1 aromatic heterocycles. The Hall–Kier alpha value is -2.88. The molecule has 0 aliphatic carbocycles. The van der Waals surface area contributed by atoms with Crippen molar-refractivity contribution in [1.82, 2.24) is 4.57 Å². The van der Waals surface area contributed by atoms with Crippen molar-refractivity contribution in [3.63, 3.8) is 0 Å². The van der Waals surface area contributed by atoms with Gasteiger partial charge in [0.05, 0.1) is 5.56 Å². The van der Waals surface area contributed by atoms with Crippen LogP contribution in [0.4, 0.5) is 0 Å². The van der Waals surface area contributed by atoms with Gasteiger partial charge in [-0.1, -0.05) is 49.4 Å². The van der Waals surface area contributed by atoms with Crippen LogP contribution in [0.25, 0.3) is 0 Å². The van der Waals surface area contributed by atoms with E-state index in [1.165, 1.54) is 11.4 Å². The van der Waals surface area contributed by atoms with Crippen LogP contribution < -0.4 is 4.57 Å². The van der Waals surface area contributed by atoms with Crippen molar-refractivity contribution in [3.8, 4) is 0 Å². The van der Waals surface area contributed by atoms with E-state index in [4.69, 9.17) is 5.11 Å². The lowest BCUT2D eigenvalue weighted by Crippen LogP contribution is -2.37. The van der Waals surface area contributed by atoms with Crippen molar-refractivity contribution in [1.29, 1.82) is 0 Å². The van der Waals surface area contributed by atoms with Crippen LogP contribution in [-0.2, 0) is 19.5 Å². The molecule has 1 heterocycles. The summed E-state index contributed by atoms with van der Waals surface area (Å²) in [6.45, 7) is 3.75. The molecule has 0 unspecified atom stereocenters. The molecule has 0 saturated heterocycles. The SMILES string of the molecule is CCc1n(Cc2ccc(C(=O)O)cc2)cc[n+]1Cc1ccccc1. The fraction of sp³-hybridized carbons (Fsp3) is 0.200. The molecule has 4 heteroatoms. The van der Waals surface area contributed by atoms with Crippen LogP contribution in [0.2, 0.25) is 0 Å². The summed E-state index contributed by atoms with van der Waals surface area (Å²) in [4.78, 5) is 10.9. The maximum atomic E-state index is 10.9. The van der Waals surface area contributed by atoms with Crippen molar-refractivity contribution < 1.29 is 14.5 Å². The van der Waals surface area contributed by atoms with Crippen molar-refractivity contribution in [2.24, 2.45) is 0 Å². The minimum Gasteiger partial charge on any atom is -0.478 e. The Labute approximate surface area is 141 Å². The molecule has 24 heavy (non-hydrogen) atoms. The maximum Gasteiger partial charge on any atom is 0.335 e. The molecule has 2 aromatic carbocycles. The zero-order valence-corrected chi connectivity index (χ0v) is 13.7. The Bertz CT molecular complexity index is 821. The fourth-order valence-electron chi connectivity index (χ4n) is 2.92. The number of nitrogens with zero attached hydrogens (tertiary/aromatic N) is 2. The van der Waals surface area contributed by atoms with Crippen molar-refractivity contribution in [3.05, 3.63) is 89.5 Å². The third kappa shape index (κ3) is 3.54. The number of carbonyl (C=O) groups is 1. The minimum atomic E-state index is -0.891. The number of carboxylic acids is 1. The molecule has 0 bridgehead atoms. The number of hydrogen-bond donors (Lipinski definition) is 1. The summed E-state index contributed by atoms with van der Waals surface area (Å²) in [6, 6.07) is 17.5. The second kappa shape index (κ2) is 7.13. The highest BCUT2D eigenvalue weighted by Gasteiger charge is 2.16. The standard InChI is InChI=1S/C20H20N2O2/c1-2-19-21(14-16-6-4-3-5-7-16)12-13-22(19)15-17-8-10-18(11-9-17)20(23)24/h3-13H,2,14-15H2,1H3/p+1. The maximum absolute atomic E-state index is 10.9. The highest BCUT2D eigenvalue weighted by Crippen LogP contribution is 2.09. The van der Waals surface area contributed by atoms with Gasteiger partial charge >= 0.3 is 5.97 Å². The van der Waals surface area contributed by atoms with Gasteiger partial charge < -0.3 is 5.11 Å². The highest BCUT2D eigenvalue weighted by molar-refractivity contribution is 5.87. The second-order valence-electron chi connectivity index (χ2n) is 5.81. The molecular weight excluding hydrogens is 300 g/mol. The van der Waals surface area contributed by atoms with Crippen LogP contribution in [0.1, 0.15) is 34.2 Å². The van der Waals surface area contributed by atoms with Crippen LogP contribution in [0, 0.1) is 0 Å². The van der Waals surface area contributed by atoms with Gasteiger partial charge in [0, 0.05) is 6.42 Å². The second-order valence-corrected chi connectivity index (χ2v) is 5.81. The van der Waals surface area contributed by atoms with Gasteiger partial charge in [0.25, 0.3) is 5.82 Å². The number of carboxylic acid groups (broad SMARTS) is 1. The minimum absolute atomic E-state index is 0.320. The zero-order valence-electron chi connectivity index (χ0n) is 13.7. The van der Waals surface area contributed by atoms with Crippen molar-refractivity contribution in [2.45, 2.75) is 26.4 Å². The number of rotatable bonds is 6. The lowest BCUT2D eigenvalue weighted by atomic mass is 10.1. The van der Waals surface area contributed by atoms with Crippen LogP contribution in [0.5, 0.6) is 0 Å². The topological polar surface area (TPSA) is 46.1 Å². The molecule has 0 atom stereocenters. The quantitative estimate of drug-likeness (QED) is 0.709. The van der Waals surface area contributed by atoms with E-state index in [1.807, 2.05) is 18.2 Å². The monoisotopic (exact) mass is 321 g/mol. The Balaban J connectivity index is 1.80. The summed E-state index contributed by atoms with van der Waals surface area (Å²) >= 11 is 0. The third-order valence-electron chi connectivity index (χ3n) is 4.16. The van der Waals surface area contributed by atoms with Gasteiger partial charge in [-0.05, 0) is 23.3 Å². The van der Waals surface area contributed by atoms with E-state index in [1.54, 1.807) is 12.1 Å². The van der Waals surface area contributed by atoms with Crippen LogP contribution >= 0.6 is 0 Å². The molecular formula is C20H21N2O2+. The summed E-state index contributed by atoms with van der Waals surface area (Å²) in [6.07, 6.45) is 5.14. The molecule has 1 N–H and O–H groups in total. The highest BCUT2D eigenvalue weighted by atomic mass is 16.4. The van der Waals surface area contributed by atoms with E-state index in [9.17, 15) is 4.79 Å². The molecule has 3 aromatic rings. The molecule has 3 rings (SSSR count). The normalized spacial score (nSPS) is 10.7. The number of aromatic nitrogens is 2. The van der Waals surface area contributed by atoms with Crippen LogP contribution in [-0.4, -0.2) is 15.6 Å². The first-order chi connectivity index (χ1) is 11.7. The number of aromatic carboxylic acids is 1. The summed E-state index contributed by atoms with van der Waals surface area (Å²) in [5.41, 5.74) is 2.69. The van der Waals surface area contributed by atoms with Gasteiger partial charge in [-0.2, -0.15) is 0 Å². The number of hydrogen-bond acceptors (Lipinski definition) is 1. The first-order valence-corrected chi connectivity index (χ1v) is 8.11. The first-order valence-electron chi connectivity index (χ1n) is 8.11. The molecule has 0 fully saturated rings. The predicted octanol–water partition coefficient (Wildman–Crippen LogP) is 3.13. The molecule has 0 aliphatic heterocycles. The summed E-state index contributed by atoms with van der Waals surface area (Å²) in [7, 11) is 0. The lowest BCUT2D eigenvalue weighted by molar-refractivity contribution is -0.695. The summed E-state index contributed by atoms with van der Waals surface area (Å²) in [5, 5.41) is 8.98. The largest absolute Gasteiger partial charge is 0.478 e. The molecule has 122 valence electrons. The van der Waals surface area contributed by atoms with E-state index in [-0.39, 0.29) is 0 Å². The third-order valence-corrected chi connectivity index (χ3v) is 4.16. The van der Waals surface area contributed by atoms with Gasteiger partial charge in [-0.3, -0.25) is 0 Å². The van der Waals surface area contributed by atoms with E-state index in [0.717, 1.165) is 25.1 Å². The van der Waals surface area contributed by atoms with Gasteiger partial charge in [0.1, 0.15) is 25.5 Å². The molecule has 0 saturated carbocycles. The Morgan fingerprint density at radius 1 is 1.04 bits per heavy atom. The Morgan fingerprint density at radius 2 is 1.75 bits per heavy atom. The van der Waals surface area contributed by atoms with Crippen LogP contribution in [0.3, 0.4) is 0 Å². The number of imidazole rings is 1. The zero-order chi connectivity index (χ0) is 16.9. The lowest BCUT2D eigenvalue weighted by Gasteiger charge is -2.05. The van der Waals surface area contributed by atoms with E-state index in [0.29, 0.717) is 5.56 Å². The van der Waals surface area contributed by atoms with E-state index >= 15 is 0 Å². The van der Waals surface area contributed by atoms with E-state index < -0.39 is 5.97 Å². The molecule has 0 radical (unpaired) electrons. The summed E-state index contributed by atoms with van der Waals surface area (Å²) in [5.74, 6) is 0.360. The predicted molar refractivity (Wildman–Crippen MR) is 92.1 cm³/mol. The Morgan fingerprint density at radius 3 is 2.38 bits per heavy atom. The summed E-state index contributed by atoms with van der Waals surface area (Å²) < 4.78 is 4.49. The smallest absolute Gasteiger partial charge is 0.335 e. The van der Waals surface area contributed by atoms with Crippen molar-refractivity contribution in [2.75, 3.05) is 0 Å². The van der Waals surface area contributed by atoms with E-state index in [2.05, 4.69) is 52.7 Å². The fourth-order valence-corrected chi connectivity index (χ4v) is 2.92.